The highest BCUT2D eigenvalue weighted by atomic mass is 16.2. The van der Waals surface area contributed by atoms with E-state index < -0.39 is 0 Å². The van der Waals surface area contributed by atoms with Crippen molar-refractivity contribution in [3.05, 3.63) is 81.9 Å². The van der Waals surface area contributed by atoms with Gasteiger partial charge in [0.2, 0.25) is 0 Å². The number of pyridine rings is 1. The zero-order valence-electron chi connectivity index (χ0n) is 17.2. The number of carbonyl (C=O) groups excluding carboxylic acids is 1. The van der Waals surface area contributed by atoms with Crippen LogP contribution in [0.5, 0.6) is 0 Å². The first kappa shape index (κ1) is 18.7. The number of amides is 1. The van der Waals surface area contributed by atoms with Crippen LogP contribution in [-0.2, 0) is 6.42 Å². The van der Waals surface area contributed by atoms with Crippen molar-refractivity contribution in [2.75, 3.05) is 0 Å². The second kappa shape index (κ2) is 7.17. The highest BCUT2D eigenvalue weighted by molar-refractivity contribution is 6.06. The van der Waals surface area contributed by atoms with Gasteiger partial charge < -0.3 is 14.9 Å². The largest absolute Gasteiger partial charge is 0.356 e. The number of rotatable bonds is 3. The molecule has 1 atom stereocenters. The van der Waals surface area contributed by atoms with E-state index in [1.165, 1.54) is 10.9 Å². The molecule has 0 saturated carbocycles. The Bertz CT molecular complexity index is 1330. The Hall–Kier alpha value is -3.34. The molecule has 1 aliphatic rings. The van der Waals surface area contributed by atoms with Gasteiger partial charge in [0.25, 0.3) is 11.5 Å². The zero-order chi connectivity index (χ0) is 20.8. The number of nitrogens with one attached hydrogen (secondary N) is 2. The molecule has 0 bridgehead atoms. The minimum atomic E-state index is -0.142. The molecule has 1 aliphatic carbocycles. The summed E-state index contributed by atoms with van der Waals surface area (Å²) in [6, 6.07) is 15.6. The second-order valence-corrected chi connectivity index (χ2v) is 8.38. The molecule has 0 saturated heterocycles. The lowest BCUT2D eigenvalue weighted by Crippen LogP contribution is -2.33. The molecule has 30 heavy (non-hydrogen) atoms. The van der Waals surface area contributed by atoms with Gasteiger partial charge in [-0.2, -0.15) is 0 Å². The van der Waals surface area contributed by atoms with Gasteiger partial charge in [0.15, 0.2) is 0 Å². The number of hydrogen-bond donors (Lipinski definition) is 2. The van der Waals surface area contributed by atoms with E-state index in [1.807, 2.05) is 38.1 Å². The van der Waals surface area contributed by atoms with E-state index in [9.17, 15) is 9.59 Å². The van der Waals surface area contributed by atoms with Crippen LogP contribution >= 0.6 is 0 Å². The molecule has 4 aromatic rings. The molecular weight excluding hydrogens is 374 g/mol. The number of aromatic nitrogens is 2. The molecule has 0 radical (unpaired) electrons. The molecule has 5 nitrogen and oxygen atoms in total. The van der Waals surface area contributed by atoms with Crippen LogP contribution in [0, 0.1) is 0 Å². The number of aromatic amines is 1. The Morgan fingerprint density at radius 3 is 2.53 bits per heavy atom. The van der Waals surface area contributed by atoms with E-state index in [4.69, 9.17) is 0 Å². The summed E-state index contributed by atoms with van der Waals surface area (Å²) in [6.07, 6.45) is 4.66. The summed E-state index contributed by atoms with van der Waals surface area (Å²) in [4.78, 5) is 29.8. The van der Waals surface area contributed by atoms with Gasteiger partial charge in [-0.15, -0.1) is 0 Å². The quantitative estimate of drug-likeness (QED) is 0.516. The number of fused-ring (bicyclic) bond motifs is 4. The number of H-pyrrole nitrogens is 1. The fourth-order valence-electron chi connectivity index (χ4n) is 4.67. The third-order valence-electron chi connectivity index (χ3n) is 6.17. The monoisotopic (exact) mass is 399 g/mol. The van der Waals surface area contributed by atoms with E-state index in [0.717, 1.165) is 30.5 Å². The number of hydrogen-bond acceptors (Lipinski definition) is 2. The molecule has 0 unspecified atom stereocenters. The SMILES string of the molecule is CC(C)n1cc(C(=O)N[C@H]2CCCc3c2[nH]c2ccccc32)c2ccccc2c1=O. The topological polar surface area (TPSA) is 66.9 Å². The number of carbonyl (C=O) groups is 1. The molecule has 2 aromatic carbocycles. The minimum Gasteiger partial charge on any atom is -0.356 e. The molecule has 1 amide bonds. The van der Waals surface area contributed by atoms with Gasteiger partial charge in [0.1, 0.15) is 0 Å². The average molecular weight is 399 g/mol. The van der Waals surface area contributed by atoms with Gasteiger partial charge in [-0.3, -0.25) is 9.59 Å². The van der Waals surface area contributed by atoms with Crippen LogP contribution in [0.15, 0.2) is 59.5 Å². The normalized spacial score (nSPS) is 16.2. The van der Waals surface area contributed by atoms with E-state index in [-0.39, 0.29) is 23.6 Å². The van der Waals surface area contributed by atoms with Crippen molar-refractivity contribution in [3.63, 3.8) is 0 Å². The Balaban J connectivity index is 1.57. The molecule has 2 heterocycles. The lowest BCUT2D eigenvalue weighted by Gasteiger charge is -2.24. The van der Waals surface area contributed by atoms with Crippen molar-refractivity contribution in [3.8, 4) is 0 Å². The van der Waals surface area contributed by atoms with Crippen LogP contribution in [0.3, 0.4) is 0 Å². The van der Waals surface area contributed by atoms with Gasteiger partial charge in [0, 0.05) is 39.6 Å². The van der Waals surface area contributed by atoms with Crippen LogP contribution in [0.4, 0.5) is 0 Å². The first-order valence-corrected chi connectivity index (χ1v) is 10.6. The molecule has 2 N–H and O–H groups in total. The van der Waals surface area contributed by atoms with E-state index in [0.29, 0.717) is 16.3 Å². The highest BCUT2D eigenvalue weighted by Crippen LogP contribution is 2.35. The Morgan fingerprint density at radius 2 is 1.77 bits per heavy atom. The predicted octanol–water partition coefficient (Wildman–Crippen LogP) is 4.87. The maximum absolute atomic E-state index is 13.4. The molecule has 0 spiro atoms. The molecule has 5 heteroatoms. The van der Waals surface area contributed by atoms with Crippen LogP contribution in [0.2, 0.25) is 0 Å². The van der Waals surface area contributed by atoms with Gasteiger partial charge in [-0.05, 0) is 50.8 Å². The maximum atomic E-state index is 13.4. The molecule has 152 valence electrons. The van der Waals surface area contributed by atoms with E-state index >= 15 is 0 Å². The summed E-state index contributed by atoms with van der Waals surface area (Å²) in [5.74, 6) is -0.142. The standard InChI is InChI=1S/C25H25N3O2/c1-15(2)28-14-20(16-8-3-4-10-19(16)25(28)30)24(29)27-22-13-7-11-18-17-9-5-6-12-21(17)26-23(18)22/h3-6,8-10,12,14-15,22,26H,7,11,13H2,1-2H3,(H,27,29)/t22-/m0/s1. The first-order chi connectivity index (χ1) is 14.5. The Morgan fingerprint density at radius 1 is 1.07 bits per heavy atom. The summed E-state index contributed by atoms with van der Waals surface area (Å²) >= 11 is 0. The Labute approximate surface area is 174 Å². The van der Waals surface area contributed by atoms with Crippen LogP contribution in [0.1, 0.15) is 60.4 Å². The van der Waals surface area contributed by atoms with Crippen molar-refractivity contribution < 1.29 is 4.79 Å². The highest BCUT2D eigenvalue weighted by Gasteiger charge is 2.26. The van der Waals surface area contributed by atoms with Crippen LogP contribution < -0.4 is 10.9 Å². The van der Waals surface area contributed by atoms with Crippen LogP contribution in [-0.4, -0.2) is 15.5 Å². The van der Waals surface area contributed by atoms with Gasteiger partial charge in [0.05, 0.1) is 11.6 Å². The lowest BCUT2D eigenvalue weighted by atomic mass is 9.91. The van der Waals surface area contributed by atoms with Crippen molar-refractivity contribution >= 4 is 27.6 Å². The van der Waals surface area contributed by atoms with Crippen molar-refractivity contribution in [2.45, 2.75) is 45.2 Å². The summed E-state index contributed by atoms with van der Waals surface area (Å²) in [6.45, 7) is 3.91. The smallest absolute Gasteiger partial charge is 0.258 e. The summed E-state index contributed by atoms with van der Waals surface area (Å²) in [5.41, 5.74) is 4.01. The summed E-state index contributed by atoms with van der Waals surface area (Å²) in [7, 11) is 0. The van der Waals surface area contributed by atoms with Crippen LogP contribution in [0.25, 0.3) is 21.7 Å². The van der Waals surface area contributed by atoms with Crippen molar-refractivity contribution in [2.24, 2.45) is 0 Å². The van der Waals surface area contributed by atoms with E-state index in [1.54, 1.807) is 16.8 Å². The lowest BCUT2D eigenvalue weighted by molar-refractivity contribution is 0.0932. The molecule has 5 rings (SSSR count). The first-order valence-electron chi connectivity index (χ1n) is 10.6. The van der Waals surface area contributed by atoms with Crippen molar-refractivity contribution in [1.82, 2.24) is 14.9 Å². The minimum absolute atomic E-state index is 0.0244. The summed E-state index contributed by atoms with van der Waals surface area (Å²) in [5, 5.41) is 5.76. The second-order valence-electron chi connectivity index (χ2n) is 8.38. The molecule has 2 aromatic heterocycles. The van der Waals surface area contributed by atoms with Crippen molar-refractivity contribution in [1.29, 1.82) is 0 Å². The fraction of sp³-hybridized carbons (Fsp3) is 0.280. The number of para-hydroxylation sites is 1. The number of nitrogens with zero attached hydrogens (tertiary/aromatic N) is 1. The molecule has 0 fully saturated rings. The van der Waals surface area contributed by atoms with Gasteiger partial charge in [-0.1, -0.05) is 36.4 Å². The predicted molar refractivity (Wildman–Crippen MR) is 120 cm³/mol. The molecule has 0 aliphatic heterocycles. The third-order valence-corrected chi connectivity index (χ3v) is 6.17. The van der Waals surface area contributed by atoms with Gasteiger partial charge in [-0.25, -0.2) is 0 Å². The fourth-order valence-corrected chi connectivity index (χ4v) is 4.67. The maximum Gasteiger partial charge on any atom is 0.258 e. The third kappa shape index (κ3) is 2.93. The number of benzene rings is 2. The number of aryl methyl sites for hydroxylation is 1. The average Bonchev–Trinajstić information content (AvgIpc) is 3.14. The Kier molecular flexibility index (Phi) is 4.46. The summed E-state index contributed by atoms with van der Waals surface area (Å²) < 4.78 is 1.65. The zero-order valence-corrected chi connectivity index (χ0v) is 17.2. The van der Waals surface area contributed by atoms with E-state index in [2.05, 4.69) is 28.5 Å². The van der Waals surface area contributed by atoms with Gasteiger partial charge >= 0.3 is 0 Å². The molecular formula is C25H25N3O2.